The van der Waals surface area contributed by atoms with Crippen LogP contribution in [0.2, 0.25) is 0 Å². The Kier molecular flexibility index (Phi) is 6.68. The summed E-state index contributed by atoms with van der Waals surface area (Å²) in [5, 5.41) is 9.14. The first-order valence-electron chi connectivity index (χ1n) is 18.0. The number of nitrogens with one attached hydrogen (secondary N) is 2. The van der Waals surface area contributed by atoms with E-state index in [0.717, 1.165) is 38.1 Å². The average Bonchev–Trinajstić information content (AvgIpc) is 3.67. The molecule has 48 heavy (non-hydrogen) atoms. The van der Waals surface area contributed by atoms with E-state index in [9.17, 15) is 0 Å². The second kappa shape index (κ2) is 11.4. The van der Waals surface area contributed by atoms with Crippen molar-refractivity contribution in [2.24, 2.45) is 16.8 Å². The molecule has 0 fully saturated rings. The first kappa shape index (κ1) is 28.2. The zero-order valence-electron chi connectivity index (χ0n) is 27.3. The SMILES string of the molecule is C1=CC(C2N=C(N3C4=Cc5ccc(-n6c7c(c8ccccc86)CCC=C7)cc5CC4C4=C3CCC=C4)NC(c3ccccc3)N2)CCC1. The Bertz CT molecular complexity index is 2120. The third-order valence-electron chi connectivity index (χ3n) is 11.3. The molecule has 5 heteroatoms. The van der Waals surface area contributed by atoms with Gasteiger partial charge in [-0.15, -0.1) is 0 Å². The highest BCUT2D eigenvalue weighted by Gasteiger charge is 2.42. The average molecular weight is 628 g/mol. The molecule has 6 aliphatic rings. The minimum absolute atomic E-state index is 0.00309. The maximum Gasteiger partial charge on any atom is 0.205 e. The van der Waals surface area contributed by atoms with Crippen LogP contribution in [0.3, 0.4) is 0 Å². The summed E-state index contributed by atoms with van der Waals surface area (Å²) in [5.74, 6) is 1.70. The Morgan fingerprint density at radius 2 is 1.71 bits per heavy atom. The summed E-state index contributed by atoms with van der Waals surface area (Å²) in [4.78, 5) is 7.99. The van der Waals surface area contributed by atoms with Crippen LogP contribution >= 0.6 is 0 Å². The van der Waals surface area contributed by atoms with Gasteiger partial charge >= 0.3 is 0 Å². The number of guanidine groups is 1. The van der Waals surface area contributed by atoms with E-state index in [-0.39, 0.29) is 12.3 Å². The number of hydrogen-bond donors (Lipinski definition) is 2. The van der Waals surface area contributed by atoms with Gasteiger partial charge in [-0.3, -0.25) is 10.2 Å². The molecule has 10 rings (SSSR count). The quantitative estimate of drug-likeness (QED) is 0.223. The number of para-hydroxylation sites is 1. The van der Waals surface area contributed by atoms with Gasteiger partial charge in [0.2, 0.25) is 5.96 Å². The van der Waals surface area contributed by atoms with E-state index in [0.29, 0.717) is 11.8 Å². The standard InChI is InChI=1S/C43H41N5/c1-3-13-28(14-4-1)41-44-42(29-15-5-2-6-16-29)46-43(45-41)48-39-22-12-9-19-35(39)36-26-31-25-32(24-23-30(31)27-40(36)48)47-37-20-10-7-17-33(37)34-18-8-11-21-38(34)47/h1,3-5,7,9-11,13-15,17,19-21,23-25,27,29,36,41-42,44H,2,6,8,12,16,18,22,26H2,(H,45,46). The molecule has 2 N–H and O–H groups in total. The topological polar surface area (TPSA) is 44.6 Å². The van der Waals surface area contributed by atoms with Crippen molar-refractivity contribution in [1.29, 1.82) is 0 Å². The molecule has 1 aromatic heterocycles. The molecule has 0 spiro atoms. The third-order valence-corrected chi connectivity index (χ3v) is 11.3. The summed E-state index contributed by atoms with van der Waals surface area (Å²) < 4.78 is 2.49. The minimum Gasteiger partial charge on any atom is -0.336 e. The Morgan fingerprint density at radius 1 is 0.833 bits per heavy atom. The van der Waals surface area contributed by atoms with Crippen molar-refractivity contribution in [3.05, 3.63) is 148 Å². The number of hydrogen-bond acceptors (Lipinski definition) is 4. The van der Waals surface area contributed by atoms with Crippen LogP contribution in [0.5, 0.6) is 0 Å². The van der Waals surface area contributed by atoms with Crippen LogP contribution in [0.4, 0.5) is 0 Å². The molecular formula is C43H41N5. The number of fused-ring (bicyclic) bond motifs is 6. The fourth-order valence-electron chi connectivity index (χ4n) is 9.04. The molecule has 3 heterocycles. The Hall–Kier alpha value is -4.87. The molecule has 2 aliphatic heterocycles. The molecule has 0 amide bonds. The number of aliphatic imine (C=N–C) groups is 1. The highest BCUT2D eigenvalue weighted by atomic mass is 15.4. The number of aryl methyl sites for hydroxylation is 1. The van der Waals surface area contributed by atoms with Gasteiger partial charge < -0.3 is 9.88 Å². The van der Waals surface area contributed by atoms with Crippen molar-refractivity contribution in [2.45, 2.75) is 63.7 Å². The maximum absolute atomic E-state index is 5.48. The highest BCUT2D eigenvalue weighted by molar-refractivity contribution is 5.91. The molecule has 4 atom stereocenters. The van der Waals surface area contributed by atoms with Crippen molar-refractivity contribution in [1.82, 2.24) is 20.1 Å². The van der Waals surface area contributed by atoms with Crippen molar-refractivity contribution in [3.8, 4) is 5.69 Å². The van der Waals surface area contributed by atoms with E-state index >= 15 is 0 Å². The number of benzene rings is 3. The molecule has 0 bridgehead atoms. The van der Waals surface area contributed by atoms with E-state index in [1.165, 1.54) is 80.8 Å². The van der Waals surface area contributed by atoms with Crippen molar-refractivity contribution >= 4 is 29.0 Å². The van der Waals surface area contributed by atoms with Crippen LogP contribution in [0.15, 0.2) is 125 Å². The monoisotopic (exact) mass is 627 g/mol. The molecule has 4 aliphatic carbocycles. The highest BCUT2D eigenvalue weighted by Crippen LogP contribution is 2.48. The van der Waals surface area contributed by atoms with Crippen LogP contribution in [0.25, 0.3) is 28.7 Å². The van der Waals surface area contributed by atoms with Gasteiger partial charge in [-0.05, 0) is 110 Å². The van der Waals surface area contributed by atoms with Gasteiger partial charge in [-0.1, -0.05) is 85.0 Å². The molecule has 0 saturated heterocycles. The van der Waals surface area contributed by atoms with E-state index in [2.05, 4.69) is 135 Å². The van der Waals surface area contributed by atoms with Crippen molar-refractivity contribution < 1.29 is 0 Å². The van der Waals surface area contributed by atoms with Gasteiger partial charge in [0.05, 0.1) is 5.52 Å². The number of nitrogens with zero attached hydrogens (tertiary/aromatic N) is 3. The van der Waals surface area contributed by atoms with Crippen LogP contribution in [-0.4, -0.2) is 21.6 Å². The second-order valence-corrected chi connectivity index (χ2v) is 14.1. The third kappa shape index (κ3) is 4.51. The van der Waals surface area contributed by atoms with Gasteiger partial charge in [-0.25, -0.2) is 4.99 Å². The summed E-state index contributed by atoms with van der Waals surface area (Å²) >= 11 is 0. The predicted molar refractivity (Wildman–Crippen MR) is 196 cm³/mol. The summed E-state index contributed by atoms with van der Waals surface area (Å²) in [7, 11) is 0. The van der Waals surface area contributed by atoms with Crippen LogP contribution in [0.1, 0.15) is 72.6 Å². The van der Waals surface area contributed by atoms with Crippen LogP contribution in [0, 0.1) is 11.8 Å². The lowest BCUT2D eigenvalue weighted by atomic mass is 9.82. The van der Waals surface area contributed by atoms with Gasteiger partial charge in [0.25, 0.3) is 0 Å². The zero-order valence-corrected chi connectivity index (χ0v) is 27.3. The summed E-state index contributed by atoms with van der Waals surface area (Å²) in [6.45, 7) is 0. The van der Waals surface area contributed by atoms with Crippen LogP contribution in [-0.2, 0) is 12.8 Å². The number of aromatic nitrogens is 1. The molecule has 238 valence electrons. The predicted octanol–water partition coefficient (Wildman–Crippen LogP) is 8.95. The smallest absolute Gasteiger partial charge is 0.205 e. The van der Waals surface area contributed by atoms with Gasteiger partial charge in [0, 0.05) is 40.0 Å². The van der Waals surface area contributed by atoms with E-state index in [4.69, 9.17) is 4.99 Å². The van der Waals surface area contributed by atoms with Gasteiger partial charge in [-0.2, -0.15) is 0 Å². The largest absolute Gasteiger partial charge is 0.336 e. The molecule has 0 saturated carbocycles. The normalized spacial score (nSPS) is 25.6. The van der Waals surface area contributed by atoms with Crippen molar-refractivity contribution in [3.63, 3.8) is 0 Å². The molecule has 4 unspecified atom stereocenters. The summed E-state index contributed by atoms with van der Waals surface area (Å²) in [5.41, 5.74) is 13.6. The molecule has 3 aromatic carbocycles. The Balaban J connectivity index is 1.07. The molecule has 0 radical (unpaired) electrons. The first-order chi connectivity index (χ1) is 23.8. The molecule has 5 nitrogen and oxygen atoms in total. The van der Waals surface area contributed by atoms with E-state index < -0.39 is 0 Å². The number of rotatable bonds is 3. The number of allylic oxidation sites excluding steroid dienone is 6. The lowest BCUT2D eigenvalue weighted by Crippen LogP contribution is -2.55. The Morgan fingerprint density at radius 3 is 2.62 bits per heavy atom. The van der Waals surface area contributed by atoms with Gasteiger partial charge in [0.1, 0.15) is 12.3 Å². The van der Waals surface area contributed by atoms with E-state index in [1.807, 2.05) is 0 Å². The first-order valence-corrected chi connectivity index (χ1v) is 18.0. The minimum atomic E-state index is -0.00309. The maximum atomic E-state index is 5.48. The van der Waals surface area contributed by atoms with E-state index in [1.54, 1.807) is 0 Å². The Labute approximate surface area is 282 Å². The molecular weight excluding hydrogens is 587 g/mol. The molecule has 4 aromatic rings. The lowest BCUT2D eigenvalue weighted by Gasteiger charge is -2.39. The second-order valence-electron chi connectivity index (χ2n) is 14.1. The fourth-order valence-corrected chi connectivity index (χ4v) is 9.04. The zero-order chi connectivity index (χ0) is 31.6. The van der Waals surface area contributed by atoms with Crippen molar-refractivity contribution in [2.75, 3.05) is 0 Å². The lowest BCUT2D eigenvalue weighted by molar-refractivity contribution is 0.306. The summed E-state index contributed by atoms with van der Waals surface area (Å²) in [6.07, 6.45) is 25.5. The van der Waals surface area contributed by atoms with Gasteiger partial charge in [0.15, 0.2) is 0 Å². The summed E-state index contributed by atoms with van der Waals surface area (Å²) in [6, 6.07) is 26.9. The van der Waals surface area contributed by atoms with Crippen LogP contribution < -0.4 is 10.6 Å². The fraction of sp³-hybridized carbons (Fsp3) is 0.279.